The van der Waals surface area contributed by atoms with Crippen LogP contribution in [0.2, 0.25) is 5.02 Å². The van der Waals surface area contributed by atoms with E-state index in [4.69, 9.17) is 21.3 Å². The molecule has 5 rings (SSSR count). The van der Waals surface area contributed by atoms with E-state index >= 15 is 0 Å². The van der Waals surface area contributed by atoms with Crippen LogP contribution in [0.3, 0.4) is 0 Å². The molecular weight excluding hydrogens is 481 g/mol. The Morgan fingerprint density at radius 3 is 2.81 bits per heavy atom. The molecule has 0 spiro atoms. The molecule has 0 aliphatic carbocycles. The Balaban J connectivity index is 1.69. The van der Waals surface area contributed by atoms with E-state index in [0.717, 1.165) is 26.8 Å². The Bertz CT molecular complexity index is 1330. The van der Waals surface area contributed by atoms with Crippen LogP contribution in [0.5, 0.6) is 5.75 Å². The van der Waals surface area contributed by atoms with Gasteiger partial charge in [0.1, 0.15) is 11.6 Å². The van der Waals surface area contributed by atoms with E-state index in [2.05, 4.69) is 21.2 Å². The summed E-state index contributed by atoms with van der Waals surface area (Å²) in [6.07, 6.45) is 2.00. The monoisotopic (exact) mass is 497 g/mol. The summed E-state index contributed by atoms with van der Waals surface area (Å²) in [6.45, 7) is 2.45. The number of halogens is 3. The lowest BCUT2D eigenvalue weighted by Gasteiger charge is -2.27. The molecule has 4 nitrogen and oxygen atoms in total. The zero-order valence-corrected chi connectivity index (χ0v) is 18.9. The molecule has 31 heavy (non-hydrogen) atoms. The molecule has 2 heterocycles. The Morgan fingerprint density at radius 2 is 2.00 bits per heavy atom. The molecule has 0 fully saturated rings. The number of allylic oxidation sites excluding steroid dienone is 1. The van der Waals surface area contributed by atoms with Gasteiger partial charge in [-0.1, -0.05) is 39.7 Å². The van der Waals surface area contributed by atoms with Crippen LogP contribution in [0.15, 0.2) is 71.2 Å². The number of hydrogen-bond acceptors (Lipinski definition) is 3. The maximum absolute atomic E-state index is 14.9. The second kappa shape index (κ2) is 8.02. The number of nitrogens with one attached hydrogen (secondary N) is 1. The third-order valence-electron chi connectivity index (χ3n) is 5.26. The fraction of sp³-hybridized carbons (Fsp3) is 0.125. The average molecular weight is 499 g/mol. The van der Waals surface area contributed by atoms with E-state index in [0.29, 0.717) is 28.9 Å². The van der Waals surface area contributed by atoms with Crippen molar-refractivity contribution in [2.75, 3.05) is 11.9 Å². The van der Waals surface area contributed by atoms with Crippen LogP contribution in [0.1, 0.15) is 24.1 Å². The summed E-state index contributed by atoms with van der Waals surface area (Å²) >= 11 is 9.90. The fourth-order valence-corrected chi connectivity index (χ4v) is 4.50. The highest BCUT2D eigenvalue weighted by Crippen LogP contribution is 2.39. The largest absolute Gasteiger partial charge is 0.492 e. The Hall–Kier alpha value is -2.83. The molecular formula is C24H18BrClFN3O. The number of imidazole rings is 1. The van der Waals surface area contributed by atoms with Crippen LogP contribution in [0.4, 0.5) is 10.3 Å². The summed E-state index contributed by atoms with van der Waals surface area (Å²) in [6, 6.07) is 18.0. The van der Waals surface area contributed by atoms with Crippen LogP contribution in [-0.2, 0) is 0 Å². The van der Waals surface area contributed by atoms with Crippen molar-refractivity contribution in [3.63, 3.8) is 0 Å². The number of nitrogens with zero attached hydrogens (tertiary/aromatic N) is 2. The number of ether oxygens (including phenoxy) is 1. The number of fused-ring (bicyclic) bond motifs is 3. The number of para-hydroxylation sites is 2. The predicted molar refractivity (Wildman–Crippen MR) is 126 cm³/mol. The molecule has 1 N–H and O–H groups in total. The molecule has 7 heteroatoms. The van der Waals surface area contributed by atoms with Gasteiger partial charge in [0.25, 0.3) is 0 Å². The molecule has 0 amide bonds. The minimum absolute atomic E-state index is 0.279. The number of aromatic nitrogens is 2. The summed E-state index contributed by atoms with van der Waals surface area (Å²) < 4.78 is 23.3. The normalized spacial score (nSPS) is 15.4. The van der Waals surface area contributed by atoms with Gasteiger partial charge in [0.15, 0.2) is 0 Å². The molecule has 0 unspecified atom stereocenters. The first-order valence-corrected chi connectivity index (χ1v) is 11.1. The first-order chi connectivity index (χ1) is 15.0. The maximum atomic E-state index is 14.9. The number of rotatable bonds is 4. The Kier molecular flexibility index (Phi) is 5.20. The lowest BCUT2D eigenvalue weighted by atomic mass is 10.0. The highest BCUT2D eigenvalue weighted by molar-refractivity contribution is 9.10. The van der Waals surface area contributed by atoms with Gasteiger partial charge >= 0.3 is 0 Å². The fourth-order valence-electron chi connectivity index (χ4n) is 3.89. The first kappa shape index (κ1) is 20.1. The van der Waals surface area contributed by atoms with Crippen LogP contribution in [-0.4, -0.2) is 16.2 Å². The Labute approximate surface area is 192 Å². The van der Waals surface area contributed by atoms with Gasteiger partial charge in [-0.3, -0.25) is 4.57 Å². The highest BCUT2D eigenvalue weighted by Gasteiger charge is 2.27. The summed E-state index contributed by atoms with van der Waals surface area (Å²) in [5, 5.41) is 3.91. The number of hydrogen-bond donors (Lipinski definition) is 1. The van der Waals surface area contributed by atoms with Crippen LogP contribution < -0.4 is 10.1 Å². The van der Waals surface area contributed by atoms with Gasteiger partial charge < -0.3 is 10.1 Å². The zero-order valence-electron chi connectivity index (χ0n) is 16.6. The molecule has 1 aliphatic rings. The van der Waals surface area contributed by atoms with Crippen molar-refractivity contribution in [3.8, 4) is 5.75 Å². The van der Waals surface area contributed by atoms with Gasteiger partial charge in [0, 0.05) is 15.7 Å². The maximum Gasteiger partial charge on any atom is 0.209 e. The van der Waals surface area contributed by atoms with Gasteiger partial charge in [-0.25, -0.2) is 9.37 Å². The topological polar surface area (TPSA) is 39.1 Å². The second-order valence-corrected chi connectivity index (χ2v) is 8.51. The quantitative estimate of drug-likeness (QED) is 0.328. The molecule has 3 aromatic carbocycles. The van der Waals surface area contributed by atoms with E-state index in [1.165, 1.54) is 6.07 Å². The van der Waals surface area contributed by atoms with Gasteiger partial charge in [0.2, 0.25) is 5.95 Å². The summed E-state index contributed by atoms with van der Waals surface area (Å²) in [7, 11) is 0. The smallest absolute Gasteiger partial charge is 0.209 e. The van der Waals surface area contributed by atoms with Crippen LogP contribution >= 0.6 is 27.5 Å². The summed E-state index contributed by atoms with van der Waals surface area (Å²) in [4.78, 5) is 4.75. The lowest BCUT2D eigenvalue weighted by molar-refractivity contribution is 0.340. The van der Waals surface area contributed by atoms with Gasteiger partial charge in [-0.05, 0) is 67.1 Å². The van der Waals surface area contributed by atoms with Crippen molar-refractivity contribution >= 4 is 50.2 Å². The molecule has 0 bridgehead atoms. The molecule has 4 aromatic rings. The zero-order chi connectivity index (χ0) is 21.5. The molecule has 1 aliphatic heterocycles. The first-order valence-electron chi connectivity index (χ1n) is 9.88. The third kappa shape index (κ3) is 3.60. The third-order valence-corrected chi connectivity index (χ3v) is 6.05. The molecule has 1 aromatic heterocycles. The van der Waals surface area contributed by atoms with Crippen molar-refractivity contribution in [3.05, 3.63) is 93.2 Å². The summed E-state index contributed by atoms with van der Waals surface area (Å²) in [5.74, 6) is 0.999. The number of benzene rings is 3. The molecule has 0 saturated carbocycles. The van der Waals surface area contributed by atoms with Gasteiger partial charge in [0.05, 0.1) is 28.7 Å². The summed E-state index contributed by atoms with van der Waals surface area (Å²) in [5.41, 5.74) is 3.98. The SMILES string of the molecule is CCOc1ccc(C2=C[C@@H](c3cc(Br)ccc3F)n3c(nc4ccccc43)N2)cc1Cl. The van der Waals surface area contributed by atoms with Gasteiger partial charge in [-0.15, -0.1) is 0 Å². The van der Waals surface area contributed by atoms with Crippen molar-refractivity contribution in [2.24, 2.45) is 0 Å². The van der Waals surface area contributed by atoms with E-state index in [1.807, 2.05) is 66.1 Å². The highest BCUT2D eigenvalue weighted by atomic mass is 79.9. The van der Waals surface area contributed by atoms with Crippen molar-refractivity contribution in [1.29, 1.82) is 0 Å². The standard InChI is InChI=1S/C24H18BrClFN3O/c1-2-31-23-10-7-14(11-17(23)26)20-13-22(16-12-15(25)8-9-18(16)27)30-21-6-4-3-5-19(21)28-24(30)29-20/h3-13,22H,2H2,1H3,(H,28,29)/t22-/m0/s1. The van der Waals surface area contributed by atoms with Crippen molar-refractivity contribution in [2.45, 2.75) is 13.0 Å². The van der Waals surface area contributed by atoms with Crippen molar-refractivity contribution < 1.29 is 9.13 Å². The van der Waals surface area contributed by atoms with E-state index in [1.54, 1.807) is 6.07 Å². The van der Waals surface area contributed by atoms with E-state index in [-0.39, 0.29) is 11.9 Å². The molecule has 156 valence electrons. The molecule has 0 saturated heterocycles. The van der Waals surface area contributed by atoms with E-state index in [9.17, 15) is 4.39 Å². The minimum Gasteiger partial charge on any atom is -0.492 e. The van der Waals surface area contributed by atoms with E-state index < -0.39 is 0 Å². The Morgan fingerprint density at radius 1 is 1.16 bits per heavy atom. The predicted octanol–water partition coefficient (Wildman–Crippen LogP) is 7.05. The average Bonchev–Trinajstić information content (AvgIpc) is 3.15. The van der Waals surface area contributed by atoms with Crippen LogP contribution in [0.25, 0.3) is 16.7 Å². The van der Waals surface area contributed by atoms with Gasteiger partial charge in [-0.2, -0.15) is 0 Å². The van der Waals surface area contributed by atoms with Crippen molar-refractivity contribution in [1.82, 2.24) is 9.55 Å². The number of anilines is 1. The lowest BCUT2D eigenvalue weighted by Crippen LogP contribution is -2.20. The molecule has 1 atom stereocenters. The second-order valence-electron chi connectivity index (χ2n) is 7.19. The molecule has 0 radical (unpaired) electrons. The minimum atomic E-state index is -0.388. The van der Waals surface area contributed by atoms with Crippen LogP contribution in [0, 0.1) is 5.82 Å².